The van der Waals surface area contributed by atoms with Crippen molar-refractivity contribution in [3.63, 3.8) is 0 Å². The van der Waals surface area contributed by atoms with E-state index in [2.05, 4.69) is 19.1 Å². The first-order valence-electron chi connectivity index (χ1n) is 10.6. The van der Waals surface area contributed by atoms with Crippen LogP contribution in [0.5, 0.6) is 0 Å². The summed E-state index contributed by atoms with van der Waals surface area (Å²) in [6, 6.07) is 10.3. The second kappa shape index (κ2) is 13.1. The first-order valence-corrected chi connectivity index (χ1v) is 10.6. The summed E-state index contributed by atoms with van der Waals surface area (Å²) in [6.07, 6.45) is 14.0. The van der Waals surface area contributed by atoms with E-state index in [-0.39, 0.29) is 18.3 Å². The van der Waals surface area contributed by atoms with Crippen molar-refractivity contribution in [2.45, 2.75) is 102 Å². The Morgan fingerprint density at radius 3 is 2.38 bits per heavy atom. The molecule has 3 heteroatoms. The topological polar surface area (TPSA) is 35.5 Å². The fourth-order valence-corrected chi connectivity index (χ4v) is 3.70. The number of unbranched alkanes of at least 4 members (excludes halogenated alkanes) is 7. The van der Waals surface area contributed by atoms with Crippen LogP contribution in [0.4, 0.5) is 0 Å². The van der Waals surface area contributed by atoms with Gasteiger partial charge in [-0.3, -0.25) is 0 Å². The molecule has 0 bridgehead atoms. The summed E-state index contributed by atoms with van der Waals surface area (Å²) in [4.78, 5) is 11.1. The quantitative estimate of drug-likeness (QED) is 0.327. The van der Waals surface area contributed by atoms with Crippen LogP contribution in [0.25, 0.3) is 0 Å². The lowest BCUT2D eigenvalue weighted by Crippen LogP contribution is -2.41. The largest absolute Gasteiger partial charge is 0.371 e. The standard InChI is InChI=1S/C23H36O3/c1-2-3-4-5-6-7-8-12-15-23-22(17-16-21(18-24)26-23)25-19-20-13-10-9-11-14-20/h9-11,13-14,18,21-23H,2-8,12,15-17,19H2,1H3/t21-,22+,23-/m0/s1. The number of ether oxygens (including phenoxy) is 2. The maximum absolute atomic E-state index is 11.1. The van der Waals surface area contributed by atoms with Crippen LogP contribution in [-0.4, -0.2) is 24.6 Å². The van der Waals surface area contributed by atoms with Crippen molar-refractivity contribution < 1.29 is 14.3 Å². The highest BCUT2D eigenvalue weighted by Crippen LogP contribution is 2.26. The molecule has 0 radical (unpaired) electrons. The van der Waals surface area contributed by atoms with Gasteiger partial charge in [-0.05, 0) is 24.8 Å². The number of carbonyl (C=O) groups is 1. The maximum Gasteiger partial charge on any atom is 0.148 e. The fraction of sp³-hybridized carbons (Fsp3) is 0.696. The Hall–Kier alpha value is -1.19. The molecule has 0 spiro atoms. The minimum absolute atomic E-state index is 0.0581. The zero-order valence-electron chi connectivity index (χ0n) is 16.4. The monoisotopic (exact) mass is 360 g/mol. The Bertz CT molecular complexity index is 474. The molecule has 26 heavy (non-hydrogen) atoms. The molecule has 1 aromatic carbocycles. The third kappa shape index (κ3) is 8.01. The SMILES string of the molecule is CCCCCCCCCC[C@@H]1O[C@H](C=O)CC[C@H]1OCc1ccccc1. The summed E-state index contributed by atoms with van der Waals surface area (Å²) in [6.45, 7) is 2.88. The third-order valence-corrected chi connectivity index (χ3v) is 5.30. The molecule has 1 aliphatic rings. The summed E-state index contributed by atoms with van der Waals surface area (Å²) < 4.78 is 12.2. The van der Waals surface area contributed by atoms with Gasteiger partial charge in [0.05, 0.1) is 18.8 Å². The summed E-state index contributed by atoms with van der Waals surface area (Å²) in [5, 5.41) is 0. The Balaban J connectivity index is 1.69. The van der Waals surface area contributed by atoms with Gasteiger partial charge in [0.15, 0.2) is 0 Å². The minimum Gasteiger partial charge on any atom is -0.371 e. The van der Waals surface area contributed by atoms with E-state index < -0.39 is 0 Å². The molecule has 2 rings (SSSR count). The van der Waals surface area contributed by atoms with E-state index in [1.54, 1.807) is 0 Å². The highest BCUT2D eigenvalue weighted by Gasteiger charge is 2.31. The van der Waals surface area contributed by atoms with Gasteiger partial charge in [-0.15, -0.1) is 0 Å². The van der Waals surface area contributed by atoms with Crippen molar-refractivity contribution in [3.05, 3.63) is 35.9 Å². The van der Waals surface area contributed by atoms with Crippen LogP contribution in [0.15, 0.2) is 30.3 Å². The Kier molecular flexibility index (Phi) is 10.6. The van der Waals surface area contributed by atoms with Crippen LogP contribution in [0.1, 0.15) is 83.1 Å². The first-order chi connectivity index (χ1) is 12.8. The molecular weight excluding hydrogens is 324 g/mol. The molecule has 0 unspecified atom stereocenters. The summed E-state index contributed by atoms with van der Waals surface area (Å²) in [5.74, 6) is 0. The average Bonchev–Trinajstić information content (AvgIpc) is 2.69. The molecule has 0 aromatic heterocycles. The van der Waals surface area contributed by atoms with Crippen molar-refractivity contribution >= 4 is 6.29 Å². The third-order valence-electron chi connectivity index (χ3n) is 5.30. The van der Waals surface area contributed by atoms with E-state index in [0.717, 1.165) is 32.0 Å². The maximum atomic E-state index is 11.1. The molecule has 0 aliphatic carbocycles. The van der Waals surface area contributed by atoms with E-state index in [0.29, 0.717) is 6.61 Å². The molecule has 3 nitrogen and oxygen atoms in total. The number of benzene rings is 1. The van der Waals surface area contributed by atoms with E-state index in [1.165, 1.54) is 50.5 Å². The van der Waals surface area contributed by atoms with E-state index in [4.69, 9.17) is 9.47 Å². The van der Waals surface area contributed by atoms with Gasteiger partial charge in [-0.1, -0.05) is 88.6 Å². The highest BCUT2D eigenvalue weighted by molar-refractivity contribution is 5.56. The molecule has 1 aliphatic heterocycles. The summed E-state index contributed by atoms with van der Waals surface area (Å²) in [7, 11) is 0. The number of rotatable bonds is 13. The van der Waals surface area contributed by atoms with Crippen molar-refractivity contribution in [1.29, 1.82) is 0 Å². The van der Waals surface area contributed by atoms with Crippen LogP contribution in [0.3, 0.4) is 0 Å². The van der Waals surface area contributed by atoms with E-state index >= 15 is 0 Å². The number of hydrogen-bond donors (Lipinski definition) is 0. The number of hydrogen-bond acceptors (Lipinski definition) is 3. The van der Waals surface area contributed by atoms with Gasteiger partial charge in [0.1, 0.15) is 12.4 Å². The average molecular weight is 361 g/mol. The van der Waals surface area contributed by atoms with E-state index in [9.17, 15) is 4.79 Å². The van der Waals surface area contributed by atoms with E-state index in [1.807, 2.05) is 18.2 Å². The Morgan fingerprint density at radius 1 is 1.00 bits per heavy atom. The molecule has 0 saturated carbocycles. The predicted molar refractivity (Wildman–Crippen MR) is 106 cm³/mol. The van der Waals surface area contributed by atoms with Crippen LogP contribution < -0.4 is 0 Å². The van der Waals surface area contributed by atoms with Crippen LogP contribution in [0, 0.1) is 0 Å². The van der Waals surface area contributed by atoms with Gasteiger partial charge in [0.2, 0.25) is 0 Å². The summed E-state index contributed by atoms with van der Waals surface area (Å²) >= 11 is 0. The molecular formula is C23H36O3. The number of carbonyl (C=O) groups excluding carboxylic acids is 1. The highest BCUT2D eigenvalue weighted by atomic mass is 16.6. The van der Waals surface area contributed by atoms with Crippen LogP contribution in [0.2, 0.25) is 0 Å². The fourth-order valence-electron chi connectivity index (χ4n) is 3.70. The predicted octanol–water partition coefficient (Wildman–Crippen LogP) is 5.85. The molecule has 0 amide bonds. The Morgan fingerprint density at radius 2 is 1.69 bits per heavy atom. The van der Waals surface area contributed by atoms with Gasteiger partial charge in [0.25, 0.3) is 0 Å². The lowest BCUT2D eigenvalue weighted by Gasteiger charge is -2.34. The molecule has 1 fully saturated rings. The molecule has 1 heterocycles. The molecule has 3 atom stereocenters. The van der Waals surface area contributed by atoms with Crippen LogP contribution >= 0.6 is 0 Å². The minimum atomic E-state index is -0.245. The van der Waals surface area contributed by atoms with Gasteiger partial charge in [-0.2, -0.15) is 0 Å². The van der Waals surface area contributed by atoms with Crippen molar-refractivity contribution in [3.8, 4) is 0 Å². The van der Waals surface area contributed by atoms with Crippen molar-refractivity contribution in [2.24, 2.45) is 0 Å². The lowest BCUT2D eigenvalue weighted by atomic mass is 9.96. The van der Waals surface area contributed by atoms with Gasteiger partial charge >= 0.3 is 0 Å². The zero-order valence-corrected chi connectivity index (χ0v) is 16.4. The molecule has 0 N–H and O–H groups in total. The molecule has 146 valence electrons. The molecule has 1 aromatic rings. The number of aldehydes is 1. The zero-order chi connectivity index (χ0) is 18.5. The first kappa shape index (κ1) is 21.1. The van der Waals surface area contributed by atoms with Crippen molar-refractivity contribution in [1.82, 2.24) is 0 Å². The smallest absolute Gasteiger partial charge is 0.148 e. The van der Waals surface area contributed by atoms with Gasteiger partial charge < -0.3 is 14.3 Å². The Labute approximate surface area is 159 Å². The summed E-state index contributed by atoms with van der Waals surface area (Å²) in [5.41, 5.74) is 1.19. The second-order valence-electron chi connectivity index (χ2n) is 7.53. The molecule has 1 saturated heterocycles. The van der Waals surface area contributed by atoms with Gasteiger partial charge in [-0.25, -0.2) is 0 Å². The normalized spacial score (nSPS) is 23.0. The second-order valence-corrected chi connectivity index (χ2v) is 7.53. The van der Waals surface area contributed by atoms with Crippen LogP contribution in [-0.2, 0) is 20.9 Å². The lowest BCUT2D eigenvalue weighted by molar-refractivity contribution is -0.154. The van der Waals surface area contributed by atoms with Crippen molar-refractivity contribution in [2.75, 3.05) is 0 Å². The van der Waals surface area contributed by atoms with Gasteiger partial charge in [0, 0.05) is 0 Å².